The molecule has 1 aromatic carbocycles. The van der Waals surface area contributed by atoms with Crippen molar-refractivity contribution < 1.29 is 27.4 Å². The number of methoxy groups -OCH3 is 1. The summed E-state index contributed by atoms with van der Waals surface area (Å²) in [6, 6.07) is 7.98. The molecule has 174 valence electrons. The first-order chi connectivity index (χ1) is 15.7. The van der Waals surface area contributed by atoms with E-state index in [4.69, 9.17) is 9.47 Å². The molecule has 0 radical (unpaired) electrons. The molecule has 1 aliphatic rings. The monoisotopic (exact) mass is 494 g/mol. The highest BCUT2D eigenvalue weighted by Crippen LogP contribution is 2.40. The van der Waals surface area contributed by atoms with Gasteiger partial charge in [-0.25, -0.2) is 18.0 Å². The molecule has 0 spiro atoms. The Morgan fingerprint density at radius 2 is 2.00 bits per heavy atom. The van der Waals surface area contributed by atoms with Crippen LogP contribution in [0.2, 0.25) is 0 Å². The van der Waals surface area contributed by atoms with E-state index in [1.807, 2.05) is 19.2 Å². The lowest BCUT2D eigenvalue weighted by atomic mass is 10.1. The van der Waals surface area contributed by atoms with Crippen molar-refractivity contribution in [3.8, 4) is 17.0 Å². The number of thioether (sulfide) groups is 1. The van der Waals surface area contributed by atoms with Gasteiger partial charge in [0.15, 0.2) is 0 Å². The number of hydrogen-bond donors (Lipinski definition) is 0. The third kappa shape index (κ3) is 5.11. The Morgan fingerprint density at radius 1 is 1.24 bits per heavy atom. The summed E-state index contributed by atoms with van der Waals surface area (Å²) < 4.78 is 51.6. The second-order valence-electron chi connectivity index (χ2n) is 7.61. The number of benzene rings is 1. The average Bonchev–Trinajstić information content (AvgIpc) is 3.16. The molecule has 2 aromatic heterocycles. The molecule has 0 atom stereocenters. The van der Waals surface area contributed by atoms with Crippen LogP contribution in [-0.4, -0.2) is 43.3 Å². The SMILES string of the molecule is COC(=O)c1cc(-c2ncc(N3CC(F)(F)C3)cc2OCc2cc(F)cc(SC)c2)c(C)s1. The first-order valence-corrected chi connectivity index (χ1v) is 12.0. The lowest BCUT2D eigenvalue weighted by Crippen LogP contribution is -2.56. The Bertz CT molecular complexity index is 1190. The number of esters is 1. The maximum Gasteiger partial charge on any atom is 0.348 e. The number of aromatic nitrogens is 1. The molecule has 0 saturated carbocycles. The average molecular weight is 495 g/mol. The van der Waals surface area contributed by atoms with Crippen LogP contribution in [0.3, 0.4) is 0 Å². The van der Waals surface area contributed by atoms with E-state index in [2.05, 4.69) is 4.98 Å². The number of aryl methyl sites for hydroxylation is 1. The summed E-state index contributed by atoms with van der Waals surface area (Å²) in [5.74, 6) is -3.20. The predicted molar refractivity (Wildman–Crippen MR) is 123 cm³/mol. The minimum absolute atomic E-state index is 0.0622. The number of carbonyl (C=O) groups excluding carboxylic acids is 1. The van der Waals surface area contributed by atoms with Gasteiger partial charge in [-0.3, -0.25) is 4.98 Å². The van der Waals surface area contributed by atoms with Crippen LogP contribution < -0.4 is 9.64 Å². The number of carbonyl (C=O) groups is 1. The molecular formula is C23H21F3N2O3S2. The smallest absolute Gasteiger partial charge is 0.348 e. The molecule has 4 rings (SSSR count). The van der Waals surface area contributed by atoms with Gasteiger partial charge in [-0.15, -0.1) is 23.1 Å². The molecule has 3 aromatic rings. The van der Waals surface area contributed by atoms with Gasteiger partial charge in [0, 0.05) is 21.4 Å². The Hall–Kier alpha value is -2.72. The highest BCUT2D eigenvalue weighted by atomic mass is 32.2. The molecule has 3 heterocycles. The van der Waals surface area contributed by atoms with E-state index in [1.54, 1.807) is 12.1 Å². The van der Waals surface area contributed by atoms with E-state index in [9.17, 15) is 18.0 Å². The van der Waals surface area contributed by atoms with Gasteiger partial charge >= 0.3 is 5.97 Å². The van der Waals surface area contributed by atoms with Crippen molar-refractivity contribution >= 4 is 34.8 Å². The molecular weight excluding hydrogens is 473 g/mol. The molecule has 1 fully saturated rings. The molecule has 0 unspecified atom stereocenters. The first kappa shape index (κ1) is 23.4. The Balaban J connectivity index is 1.68. The van der Waals surface area contributed by atoms with E-state index >= 15 is 0 Å². The van der Waals surface area contributed by atoms with Gasteiger partial charge in [0.25, 0.3) is 5.92 Å². The molecule has 33 heavy (non-hydrogen) atoms. The first-order valence-electron chi connectivity index (χ1n) is 9.97. The molecule has 0 aliphatic carbocycles. The lowest BCUT2D eigenvalue weighted by molar-refractivity contribution is -0.0263. The third-order valence-corrected chi connectivity index (χ3v) is 6.91. The van der Waals surface area contributed by atoms with Gasteiger partial charge in [-0.2, -0.15) is 0 Å². The number of hydrogen-bond acceptors (Lipinski definition) is 7. The maximum absolute atomic E-state index is 13.9. The summed E-state index contributed by atoms with van der Waals surface area (Å²) in [6.45, 7) is 1.13. The minimum atomic E-state index is -2.73. The van der Waals surface area contributed by atoms with Gasteiger partial charge in [0.1, 0.15) is 28.7 Å². The van der Waals surface area contributed by atoms with Crippen molar-refractivity contribution in [2.24, 2.45) is 0 Å². The summed E-state index contributed by atoms with van der Waals surface area (Å²) in [7, 11) is 1.31. The van der Waals surface area contributed by atoms with Crippen molar-refractivity contribution in [1.29, 1.82) is 0 Å². The highest BCUT2D eigenvalue weighted by molar-refractivity contribution is 7.98. The van der Waals surface area contributed by atoms with E-state index in [0.29, 0.717) is 33.1 Å². The van der Waals surface area contributed by atoms with Crippen molar-refractivity contribution in [3.63, 3.8) is 0 Å². The zero-order valence-corrected chi connectivity index (χ0v) is 19.8. The fourth-order valence-electron chi connectivity index (χ4n) is 3.52. The third-order valence-electron chi connectivity index (χ3n) is 5.17. The number of rotatable bonds is 7. The maximum atomic E-state index is 13.9. The van der Waals surface area contributed by atoms with Crippen LogP contribution in [0.1, 0.15) is 20.1 Å². The number of pyridine rings is 1. The summed E-state index contributed by atoms with van der Waals surface area (Å²) in [4.78, 5) is 20.0. The molecule has 1 aliphatic heterocycles. The van der Waals surface area contributed by atoms with Crippen LogP contribution in [0.4, 0.5) is 18.9 Å². The highest BCUT2D eigenvalue weighted by Gasteiger charge is 2.44. The Morgan fingerprint density at radius 3 is 2.67 bits per heavy atom. The van der Waals surface area contributed by atoms with Crippen LogP contribution in [0.15, 0.2) is 41.4 Å². The van der Waals surface area contributed by atoms with Crippen molar-refractivity contribution in [1.82, 2.24) is 4.98 Å². The number of ether oxygens (including phenoxy) is 2. The number of halogens is 3. The summed E-state index contributed by atoms with van der Waals surface area (Å²) in [5, 5.41) is 0. The topological polar surface area (TPSA) is 51.7 Å². The molecule has 10 heteroatoms. The molecule has 5 nitrogen and oxygen atoms in total. The molecule has 0 bridgehead atoms. The number of nitrogens with zero attached hydrogens (tertiary/aromatic N) is 2. The van der Waals surface area contributed by atoms with Crippen LogP contribution in [0.25, 0.3) is 11.3 Å². The van der Waals surface area contributed by atoms with Gasteiger partial charge in [-0.05, 0) is 43.0 Å². The summed E-state index contributed by atoms with van der Waals surface area (Å²) in [5.41, 5.74) is 2.28. The number of alkyl halides is 2. The van der Waals surface area contributed by atoms with Gasteiger partial charge < -0.3 is 14.4 Å². The Kier molecular flexibility index (Phi) is 6.58. The van der Waals surface area contributed by atoms with Gasteiger partial charge in [0.05, 0.1) is 32.1 Å². The van der Waals surface area contributed by atoms with Crippen molar-refractivity contribution in [2.75, 3.05) is 31.4 Å². The van der Waals surface area contributed by atoms with Crippen molar-refractivity contribution in [2.45, 2.75) is 24.3 Å². The van der Waals surface area contributed by atoms with E-state index < -0.39 is 25.0 Å². The minimum Gasteiger partial charge on any atom is -0.487 e. The fourth-order valence-corrected chi connectivity index (χ4v) is 4.95. The van der Waals surface area contributed by atoms with Crippen molar-refractivity contribution in [3.05, 3.63) is 57.7 Å². The van der Waals surface area contributed by atoms with E-state index in [0.717, 1.165) is 9.77 Å². The van der Waals surface area contributed by atoms with Crippen LogP contribution in [0.5, 0.6) is 5.75 Å². The molecule has 0 N–H and O–H groups in total. The summed E-state index contributed by atoms with van der Waals surface area (Å²) >= 11 is 2.68. The van der Waals surface area contributed by atoms with Crippen LogP contribution in [-0.2, 0) is 11.3 Å². The van der Waals surface area contributed by atoms with Crippen LogP contribution in [0, 0.1) is 12.7 Å². The van der Waals surface area contributed by atoms with Gasteiger partial charge in [0.2, 0.25) is 0 Å². The predicted octanol–water partition coefficient (Wildman–Crippen LogP) is 5.80. The van der Waals surface area contributed by atoms with E-state index in [-0.39, 0.29) is 12.4 Å². The zero-order chi connectivity index (χ0) is 23.8. The number of thiophene rings is 1. The lowest BCUT2D eigenvalue weighted by Gasteiger charge is -2.40. The van der Waals surface area contributed by atoms with Crippen LogP contribution >= 0.6 is 23.1 Å². The normalized spacial score (nSPS) is 14.7. The van der Waals surface area contributed by atoms with Gasteiger partial charge in [-0.1, -0.05) is 0 Å². The Labute approximate surface area is 197 Å². The zero-order valence-electron chi connectivity index (χ0n) is 18.2. The fraction of sp³-hybridized carbons (Fsp3) is 0.304. The standard InChI is InChI=1S/C23H21F3N2O3S2/c1-13-18(8-20(33-13)22(29)30-2)21-19(7-16(9-27-21)28-11-23(25,26)12-28)31-10-14-4-15(24)6-17(5-14)32-3/h4-9H,10-12H2,1-3H3. The second kappa shape index (κ2) is 9.26. The largest absolute Gasteiger partial charge is 0.487 e. The summed E-state index contributed by atoms with van der Waals surface area (Å²) in [6.07, 6.45) is 3.37. The molecule has 0 amide bonds. The number of anilines is 1. The molecule has 1 saturated heterocycles. The second-order valence-corrected chi connectivity index (χ2v) is 9.75. The van der Waals surface area contributed by atoms with E-state index in [1.165, 1.54) is 53.4 Å². The quantitative estimate of drug-likeness (QED) is 0.306.